The van der Waals surface area contributed by atoms with Gasteiger partial charge >= 0.3 is 0 Å². The van der Waals surface area contributed by atoms with Crippen molar-refractivity contribution < 1.29 is 18.3 Å². The molecule has 0 amide bonds. The Morgan fingerprint density at radius 1 is 1.27 bits per heavy atom. The fraction of sp³-hybridized carbons (Fsp3) is 0.333. The Morgan fingerprint density at radius 3 is 2.50 bits per heavy atom. The van der Waals surface area contributed by atoms with Crippen molar-refractivity contribution in [1.82, 2.24) is 4.31 Å². The van der Waals surface area contributed by atoms with Crippen LogP contribution in [0.15, 0.2) is 46.7 Å². The van der Waals surface area contributed by atoms with Gasteiger partial charge < -0.3 is 9.84 Å². The Hall–Kier alpha value is -1.41. The highest BCUT2D eigenvalue weighted by Crippen LogP contribution is 2.23. The molecule has 1 aromatic carbocycles. The molecule has 0 fully saturated rings. The molecule has 0 aliphatic rings. The Balaban J connectivity index is 2.11. The van der Waals surface area contributed by atoms with Crippen molar-refractivity contribution in [3.63, 3.8) is 0 Å². The highest BCUT2D eigenvalue weighted by molar-refractivity contribution is 7.89. The second-order valence-corrected chi connectivity index (χ2v) is 7.75. The van der Waals surface area contributed by atoms with Gasteiger partial charge in [0, 0.05) is 18.5 Å². The molecule has 0 saturated carbocycles. The van der Waals surface area contributed by atoms with Gasteiger partial charge in [-0.2, -0.15) is 4.31 Å². The van der Waals surface area contributed by atoms with Gasteiger partial charge in [-0.25, -0.2) is 8.42 Å². The summed E-state index contributed by atoms with van der Waals surface area (Å²) in [5.74, 6) is 0.628. The topological polar surface area (TPSA) is 66.8 Å². The predicted molar refractivity (Wildman–Crippen MR) is 86.7 cm³/mol. The van der Waals surface area contributed by atoms with E-state index in [-0.39, 0.29) is 11.4 Å². The lowest BCUT2D eigenvalue weighted by Gasteiger charge is -2.20. The maximum Gasteiger partial charge on any atom is 0.242 e. The molecule has 0 bridgehead atoms. The van der Waals surface area contributed by atoms with Gasteiger partial charge in [-0.3, -0.25) is 0 Å². The zero-order valence-electron chi connectivity index (χ0n) is 12.5. The molecule has 22 heavy (non-hydrogen) atoms. The van der Waals surface area contributed by atoms with Gasteiger partial charge in [-0.1, -0.05) is 6.07 Å². The minimum Gasteiger partial charge on any atom is -0.494 e. The van der Waals surface area contributed by atoms with E-state index in [0.717, 1.165) is 9.18 Å². The Kier molecular flexibility index (Phi) is 5.57. The zero-order valence-corrected chi connectivity index (χ0v) is 14.1. The molecule has 1 aromatic heterocycles. The van der Waals surface area contributed by atoms with Crippen LogP contribution in [-0.2, 0) is 10.0 Å². The van der Waals surface area contributed by atoms with Gasteiger partial charge in [0.2, 0.25) is 10.0 Å². The number of ether oxygens (including phenoxy) is 1. The monoisotopic (exact) mass is 341 g/mol. The number of sulfonamides is 1. The molecule has 1 atom stereocenters. The molecular formula is C15H19NO4S2. The first kappa shape index (κ1) is 17.0. The second kappa shape index (κ2) is 7.23. The van der Waals surface area contributed by atoms with Gasteiger partial charge in [-0.15, -0.1) is 11.3 Å². The van der Waals surface area contributed by atoms with Gasteiger partial charge in [0.05, 0.1) is 11.5 Å². The van der Waals surface area contributed by atoms with Crippen molar-refractivity contribution in [2.75, 3.05) is 20.2 Å². The summed E-state index contributed by atoms with van der Waals surface area (Å²) >= 11 is 1.40. The van der Waals surface area contributed by atoms with E-state index in [9.17, 15) is 13.5 Å². The van der Waals surface area contributed by atoms with E-state index < -0.39 is 16.1 Å². The second-order valence-electron chi connectivity index (χ2n) is 4.72. The van der Waals surface area contributed by atoms with E-state index in [0.29, 0.717) is 12.4 Å². The average Bonchev–Trinajstić information content (AvgIpc) is 3.02. The van der Waals surface area contributed by atoms with E-state index >= 15 is 0 Å². The van der Waals surface area contributed by atoms with Crippen molar-refractivity contribution in [2.24, 2.45) is 0 Å². The summed E-state index contributed by atoms with van der Waals surface area (Å²) < 4.78 is 31.4. The summed E-state index contributed by atoms with van der Waals surface area (Å²) in [5, 5.41) is 11.9. The number of hydrogen-bond acceptors (Lipinski definition) is 5. The zero-order chi connectivity index (χ0) is 16.2. The quantitative estimate of drug-likeness (QED) is 0.840. The van der Waals surface area contributed by atoms with E-state index in [1.807, 2.05) is 18.4 Å². The highest BCUT2D eigenvalue weighted by atomic mass is 32.2. The SMILES string of the molecule is CCOc1ccc(S(=O)(=O)N(C)CC(O)c2cccs2)cc1. The number of benzene rings is 1. The normalized spacial score (nSPS) is 13.3. The van der Waals surface area contributed by atoms with Crippen LogP contribution in [0.4, 0.5) is 0 Å². The Bertz CT molecular complexity index is 681. The van der Waals surface area contributed by atoms with Crippen LogP contribution in [-0.4, -0.2) is 38.0 Å². The largest absolute Gasteiger partial charge is 0.494 e. The minimum absolute atomic E-state index is 0.00998. The van der Waals surface area contributed by atoms with Crippen LogP contribution in [0.5, 0.6) is 5.75 Å². The third-order valence-electron chi connectivity index (χ3n) is 3.14. The minimum atomic E-state index is -3.63. The maximum absolute atomic E-state index is 12.5. The molecule has 0 aliphatic carbocycles. The van der Waals surface area contributed by atoms with Gasteiger partial charge in [0.1, 0.15) is 11.9 Å². The molecule has 2 rings (SSSR count). The number of rotatable bonds is 7. The van der Waals surface area contributed by atoms with Crippen LogP contribution in [0, 0.1) is 0 Å². The molecular weight excluding hydrogens is 322 g/mol. The summed E-state index contributed by atoms with van der Waals surface area (Å²) in [4.78, 5) is 0.922. The molecule has 7 heteroatoms. The summed E-state index contributed by atoms with van der Waals surface area (Å²) in [6.45, 7) is 2.40. The van der Waals surface area contributed by atoms with Crippen LogP contribution in [0.25, 0.3) is 0 Å². The van der Waals surface area contributed by atoms with Crippen molar-refractivity contribution in [1.29, 1.82) is 0 Å². The molecule has 1 N–H and O–H groups in total. The molecule has 120 valence electrons. The van der Waals surface area contributed by atoms with E-state index in [1.165, 1.54) is 30.5 Å². The number of aliphatic hydroxyl groups excluding tert-OH is 1. The molecule has 1 unspecified atom stereocenters. The summed E-state index contributed by atoms with van der Waals surface area (Å²) in [5.41, 5.74) is 0. The molecule has 0 aliphatic heterocycles. The van der Waals surface area contributed by atoms with Crippen LogP contribution in [0.3, 0.4) is 0 Å². The fourth-order valence-electron chi connectivity index (χ4n) is 1.97. The molecule has 2 aromatic rings. The third kappa shape index (κ3) is 3.86. The lowest BCUT2D eigenvalue weighted by molar-refractivity contribution is 0.158. The lowest BCUT2D eigenvalue weighted by atomic mass is 10.3. The maximum atomic E-state index is 12.5. The molecule has 0 spiro atoms. The summed E-state index contributed by atoms with van der Waals surface area (Å²) in [7, 11) is -2.17. The summed E-state index contributed by atoms with van der Waals surface area (Å²) in [6.07, 6.45) is -0.831. The number of thiophene rings is 1. The smallest absolute Gasteiger partial charge is 0.242 e. The Morgan fingerprint density at radius 2 is 1.95 bits per heavy atom. The Labute approximate surface area is 134 Å². The van der Waals surface area contributed by atoms with Gasteiger partial charge in [-0.05, 0) is 42.6 Å². The number of likely N-dealkylation sites (N-methyl/N-ethyl adjacent to an activating group) is 1. The van der Waals surface area contributed by atoms with Crippen molar-refractivity contribution in [2.45, 2.75) is 17.9 Å². The number of nitrogens with zero attached hydrogens (tertiary/aromatic N) is 1. The van der Waals surface area contributed by atoms with Gasteiger partial charge in [0.15, 0.2) is 0 Å². The van der Waals surface area contributed by atoms with Crippen molar-refractivity contribution >= 4 is 21.4 Å². The van der Waals surface area contributed by atoms with Gasteiger partial charge in [0.25, 0.3) is 0 Å². The van der Waals surface area contributed by atoms with Crippen molar-refractivity contribution in [3.8, 4) is 5.75 Å². The predicted octanol–water partition coefficient (Wildman–Crippen LogP) is 2.50. The van der Waals surface area contributed by atoms with Crippen LogP contribution >= 0.6 is 11.3 Å². The van der Waals surface area contributed by atoms with Crippen LogP contribution < -0.4 is 4.74 Å². The van der Waals surface area contributed by atoms with E-state index in [2.05, 4.69) is 0 Å². The highest BCUT2D eigenvalue weighted by Gasteiger charge is 2.24. The first-order valence-electron chi connectivity index (χ1n) is 6.86. The molecule has 5 nitrogen and oxygen atoms in total. The number of aliphatic hydroxyl groups is 1. The number of hydrogen-bond donors (Lipinski definition) is 1. The van der Waals surface area contributed by atoms with Crippen LogP contribution in [0.1, 0.15) is 17.9 Å². The first-order valence-corrected chi connectivity index (χ1v) is 9.17. The lowest BCUT2D eigenvalue weighted by Crippen LogP contribution is -2.31. The van der Waals surface area contributed by atoms with Crippen molar-refractivity contribution in [3.05, 3.63) is 46.7 Å². The molecule has 0 saturated heterocycles. The first-order chi connectivity index (χ1) is 10.4. The summed E-state index contributed by atoms with van der Waals surface area (Å²) in [6, 6.07) is 9.87. The fourth-order valence-corrected chi connectivity index (χ4v) is 3.85. The van der Waals surface area contributed by atoms with E-state index in [4.69, 9.17) is 4.74 Å². The van der Waals surface area contributed by atoms with Crippen LogP contribution in [0.2, 0.25) is 0 Å². The molecule has 0 radical (unpaired) electrons. The van der Waals surface area contributed by atoms with E-state index in [1.54, 1.807) is 18.2 Å². The third-order valence-corrected chi connectivity index (χ3v) is 5.96. The average molecular weight is 341 g/mol. The standard InChI is InChI=1S/C15H19NO4S2/c1-3-20-12-6-8-13(9-7-12)22(18,19)16(2)11-14(17)15-5-4-10-21-15/h4-10,14,17H,3,11H2,1-2H3. The molecule has 1 heterocycles.